The Morgan fingerprint density at radius 2 is 2.10 bits per heavy atom. The van der Waals surface area contributed by atoms with Crippen LogP contribution in [0.2, 0.25) is 0 Å². The molecule has 3 aromatic heterocycles. The van der Waals surface area contributed by atoms with Gasteiger partial charge in [0, 0.05) is 25.4 Å². The number of ether oxygens (including phenoxy) is 1. The molecule has 0 bridgehead atoms. The smallest absolute Gasteiger partial charge is 0.272 e. The lowest BCUT2D eigenvalue weighted by Crippen LogP contribution is -2.44. The summed E-state index contributed by atoms with van der Waals surface area (Å²) in [6.45, 7) is 1.15. The number of carbonyl (C=O) groups is 1. The standard InChI is InChI=1S/C20H19N7O3/c1-26-11-14(10-21-26)19-22-18(25-30-19)17-12-29-8-7-27(17)20(28)16-9-15(23-24-16)13-5-3-2-4-6-13/h2-6,9-11,17H,7-8,12H2,1H3,(H,23,24)/t17-/m1/s1. The van der Waals surface area contributed by atoms with Crippen LogP contribution in [0.15, 0.2) is 53.3 Å². The van der Waals surface area contributed by atoms with Gasteiger partial charge in [0.25, 0.3) is 11.8 Å². The molecule has 1 amide bonds. The number of carbonyl (C=O) groups excluding carboxylic acids is 1. The van der Waals surface area contributed by atoms with E-state index in [4.69, 9.17) is 9.26 Å². The molecule has 5 rings (SSSR count). The Labute approximate surface area is 171 Å². The maximum Gasteiger partial charge on any atom is 0.272 e. The van der Waals surface area contributed by atoms with Gasteiger partial charge in [0.2, 0.25) is 0 Å². The Bertz CT molecular complexity index is 1160. The lowest BCUT2D eigenvalue weighted by Gasteiger charge is -2.33. The minimum atomic E-state index is -0.455. The quantitative estimate of drug-likeness (QED) is 0.553. The van der Waals surface area contributed by atoms with E-state index in [1.165, 1.54) is 0 Å². The molecule has 1 aliphatic rings. The summed E-state index contributed by atoms with van der Waals surface area (Å²) >= 11 is 0. The van der Waals surface area contributed by atoms with Crippen molar-refractivity contribution in [1.82, 2.24) is 35.0 Å². The number of hydrogen-bond donors (Lipinski definition) is 1. The van der Waals surface area contributed by atoms with Crippen molar-refractivity contribution in [2.24, 2.45) is 7.05 Å². The molecule has 0 saturated carbocycles. The second-order valence-corrected chi connectivity index (χ2v) is 6.98. The van der Waals surface area contributed by atoms with Crippen molar-refractivity contribution < 1.29 is 14.1 Å². The molecule has 152 valence electrons. The number of nitrogens with zero attached hydrogens (tertiary/aromatic N) is 6. The van der Waals surface area contributed by atoms with Gasteiger partial charge in [-0.3, -0.25) is 14.6 Å². The summed E-state index contributed by atoms with van der Waals surface area (Å²) in [5.74, 6) is 0.555. The van der Waals surface area contributed by atoms with E-state index >= 15 is 0 Å². The number of aryl methyl sites for hydroxylation is 1. The summed E-state index contributed by atoms with van der Waals surface area (Å²) < 4.78 is 12.6. The molecule has 10 heteroatoms. The normalized spacial score (nSPS) is 16.7. The zero-order valence-corrected chi connectivity index (χ0v) is 16.2. The first-order valence-corrected chi connectivity index (χ1v) is 9.51. The summed E-state index contributed by atoms with van der Waals surface area (Å²) in [5, 5.41) is 15.3. The molecule has 0 radical (unpaired) electrons. The van der Waals surface area contributed by atoms with E-state index in [9.17, 15) is 4.79 Å². The third-order valence-electron chi connectivity index (χ3n) is 4.96. The highest BCUT2D eigenvalue weighted by molar-refractivity contribution is 5.93. The SMILES string of the molecule is Cn1cc(-c2nc([C@H]3COCCN3C(=O)c3cc(-c4ccccc4)n[nH]3)no2)cn1. The summed E-state index contributed by atoms with van der Waals surface area (Å²) in [7, 11) is 1.81. The van der Waals surface area contributed by atoms with Crippen molar-refractivity contribution >= 4 is 5.91 Å². The average molecular weight is 405 g/mol. The van der Waals surface area contributed by atoms with Crippen LogP contribution in [0.5, 0.6) is 0 Å². The van der Waals surface area contributed by atoms with E-state index in [1.54, 1.807) is 28.0 Å². The van der Waals surface area contributed by atoms with Crippen LogP contribution in [-0.4, -0.2) is 60.7 Å². The van der Waals surface area contributed by atoms with E-state index in [0.29, 0.717) is 41.8 Å². The Hall–Kier alpha value is -3.79. The number of rotatable bonds is 4. The van der Waals surface area contributed by atoms with Crippen LogP contribution in [0, 0.1) is 0 Å². The van der Waals surface area contributed by atoms with E-state index in [2.05, 4.69) is 25.4 Å². The van der Waals surface area contributed by atoms with Crippen LogP contribution < -0.4 is 0 Å². The molecule has 1 N–H and O–H groups in total. The van der Waals surface area contributed by atoms with Gasteiger partial charge in [-0.1, -0.05) is 35.5 Å². The van der Waals surface area contributed by atoms with E-state index in [1.807, 2.05) is 37.4 Å². The van der Waals surface area contributed by atoms with Crippen LogP contribution in [0.25, 0.3) is 22.7 Å². The second kappa shape index (κ2) is 7.56. The third kappa shape index (κ3) is 3.37. The topological polar surface area (TPSA) is 115 Å². The fourth-order valence-electron chi connectivity index (χ4n) is 3.42. The number of morpholine rings is 1. The third-order valence-corrected chi connectivity index (χ3v) is 4.96. The summed E-state index contributed by atoms with van der Waals surface area (Å²) in [5.41, 5.74) is 2.76. The van der Waals surface area contributed by atoms with Gasteiger partial charge >= 0.3 is 0 Å². The highest BCUT2D eigenvalue weighted by Crippen LogP contribution is 2.27. The second-order valence-electron chi connectivity index (χ2n) is 6.98. The first kappa shape index (κ1) is 18.3. The van der Waals surface area contributed by atoms with Crippen molar-refractivity contribution in [3.63, 3.8) is 0 Å². The fraction of sp³-hybridized carbons (Fsp3) is 0.250. The van der Waals surface area contributed by atoms with E-state index < -0.39 is 6.04 Å². The summed E-state index contributed by atoms with van der Waals surface area (Å²) in [6.07, 6.45) is 3.43. The van der Waals surface area contributed by atoms with Crippen molar-refractivity contribution in [2.45, 2.75) is 6.04 Å². The summed E-state index contributed by atoms with van der Waals surface area (Å²) in [4.78, 5) is 19.4. The fourth-order valence-corrected chi connectivity index (χ4v) is 3.42. The molecule has 0 unspecified atom stereocenters. The van der Waals surface area contributed by atoms with Gasteiger partial charge in [0.15, 0.2) is 5.82 Å². The van der Waals surface area contributed by atoms with E-state index in [-0.39, 0.29) is 12.5 Å². The van der Waals surface area contributed by atoms with Crippen molar-refractivity contribution in [3.05, 3.63) is 60.3 Å². The van der Waals surface area contributed by atoms with Crippen LogP contribution >= 0.6 is 0 Å². The van der Waals surface area contributed by atoms with Crippen LogP contribution in [0.4, 0.5) is 0 Å². The predicted octanol–water partition coefficient (Wildman–Crippen LogP) is 2.07. The highest BCUT2D eigenvalue weighted by Gasteiger charge is 2.34. The number of H-pyrrole nitrogens is 1. The van der Waals surface area contributed by atoms with Gasteiger partial charge in [0.05, 0.1) is 30.7 Å². The maximum absolute atomic E-state index is 13.2. The Kier molecular flexibility index (Phi) is 4.60. The van der Waals surface area contributed by atoms with Gasteiger partial charge in [-0.2, -0.15) is 15.2 Å². The van der Waals surface area contributed by atoms with Gasteiger partial charge in [-0.25, -0.2) is 0 Å². The zero-order valence-electron chi connectivity index (χ0n) is 16.2. The van der Waals surface area contributed by atoms with Crippen LogP contribution in [0.1, 0.15) is 22.4 Å². The average Bonchev–Trinajstić information content (AvgIpc) is 3.54. The molecule has 4 heterocycles. The van der Waals surface area contributed by atoms with E-state index in [0.717, 1.165) is 5.56 Å². The van der Waals surface area contributed by atoms with Crippen LogP contribution in [-0.2, 0) is 11.8 Å². The molecule has 4 aromatic rings. The number of amides is 1. The van der Waals surface area contributed by atoms with Gasteiger partial charge in [0.1, 0.15) is 11.7 Å². The predicted molar refractivity (Wildman–Crippen MR) is 105 cm³/mol. The Balaban J connectivity index is 1.40. The first-order chi connectivity index (χ1) is 14.7. The number of aromatic amines is 1. The Morgan fingerprint density at radius 3 is 2.90 bits per heavy atom. The number of aromatic nitrogens is 6. The number of benzene rings is 1. The monoisotopic (exact) mass is 405 g/mol. The minimum absolute atomic E-state index is 0.189. The van der Waals surface area contributed by atoms with Gasteiger partial charge in [-0.15, -0.1) is 0 Å². The zero-order chi connectivity index (χ0) is 20.5. The molecule has 1 fully saturated rings. The molecule has 10 nitrogen and oxygen atoms in total. The Morgan fingerprint density at radius 1 is 1.23 bits per heavy atom. The molecule has 1 saturated heterocycles. The molecule has 1 atom stereocenters. The molecule has 1 aliphatic heterocycles. The van der Waals surface area contributed by atoms with Crippen molar-refractivity contribution in [3.8, 4) is 22.7 Å². The lowest BCUT2D eigenvalue weighted by molar-refractivity contribution is -0.00607. The maximum atomic E-state index is 13.2. The number of nitrogens with one attached hydrogen (secondary N) is 1. The largest absolute Gasteiger partial charge is 0.377 e. The molecule has 1 aromatic carbocycles. The first-order valence-electron chi connectivity index (χ1n) is 9.51. The van der Waals surface area contributed by atoms with Crippen molar-refractivity contribution in [2.75, 3.05) is 19.8 Å². The molecular formula is C20H19N7O3. The molecule has 30 heavy (non-hydrogen) atoms. The number of hydrogen-bond acceptors (Lipinski definition) is 7. The van der Waals surface area contributed by atoms with Gasteiger partial charge in [-0.05, 0) is 6.07 Å². The molecular weight excluding hydrogens is 386 g/mol. The van der Waals surface area contributed by atoms with Crippen LogP contribution in [0.3, 0.4) is 0 Å². The minimum Gasteiger partial charge on any atom is -0.377 e. The molecule has 0 aliphatic carbocycles. The summed E-state index contributed by atoms with van der Waals surface area (Å²) in [6, 6.07) is 11.0. The highest BCUT2D eigenvalue weighted by atomic mass is 16.5. The molecule has 0 spiro atoms. The lowest BCUT2D eigenvalue weighted by atomic mass is 10.1. The van der Waals surface area contributed by atoms with Gasteiger partial charge < -0.3 is 14.2 Å². The van der Waals surface area contributed by atoms with Crippen molar-refractivity contribution in [1.29, 1.82) is 0 Å².